The van der Waals surface area contributed by atoms with Crippen LogP contribution in [0, 0.1) is 11.7 Å². The molecule has 6 heteroatoms. The van der Waals surface area contributed by atoms with Gasteiger partial charge in [-0.05, 0) is 18.9 Å². The Balaban J connectivity index is 1.98. The van der Waals surface area contributed by atoms with E-state index < -0.39 is 5.82 Å². The minimum Gasteiger partial charge on any atom is -0.378 e. The normalized spacial score (nSPS) is 22.8. The quantitative estimate of drug-likeness (QED) is 0.946. The monoisotopic (exact) mass is 297 g/mol. The number of nitrogens with zero attached hydrogens (tertiary/aromatic N) is 2. The molecule has 1 aliphatic heterocycles. The van der Waals surface area contributed by atoms with Crippen LogP contribution in [0.5, 0.6) is 0 Å². The van der Waals surface area contributed by atoms with Gasteiger partial charge in [0.05, 0.1) is 22.2 Å². The number of benzene rings is 1. The molecule has 1 saturated heterocycles. The van der Waals surface area contributed by atoms with Crippen molar-refractivity contribution in [3.05, 3.63) is 23.0 Å². The first-order valence-corrected chi connectivity index (χ1v) is 7.20. The van der Waals surface area contributed by atoms with Crippen LogP contribution in [0.25, 0.3) is 11.0 Å². The topological polar surface area (TPSA) is 53.1 Å². The first kappa shape index (κ1) is 13.6. The van der Waals surface area contributed by atoms with Gasteiger partial charge in [-0.15, -0.1) is 0 Å². The van der Waals surface area contributed by atoms with E-state index in [4.69, 9.17) is 22.1 Å². The van der Waals surface area contributed by atoms with Crippen molar-refractivity contribution in [2.45, 2.75) is 32.4 Å². The van der Waals surface area contributed by atoms with Gasteiger partial charge in [0.15, 0.2) is 0 Å². The summed E-state index contributed by atoms with van der Waals surface area (Å²) in [5.74, 6) is 0.325. The molecule has 0 amide bonds. The third-order valence-corrected chi connectivity index (χ3v) is 4.28. The van der Waals surface area contributed by atoms with E-state index >= 15 is 0 Å². The molecule has 1 aromatic carbocycles. The number of hydrogen-bond acceptors (Lipinski definition) is 3. The van der Waals surface area contributed by atoms with Crippen molar-refractivity contribution in [1.82, 2.24) is 9.55 Å². The molecule has 0 spiro atoms. The van der Waals surface area contributed by atoms with Crippen LogP contribution in [0.15, 0.2) is 12.1 Å². The molecule has 1 aliphatic rings. The Bertz CT molecular complexity index is 643. The molecule has 2 unspecified atom stereocenters. The van der Waals surface area contributed by atoms with Gasteiger partial charge in [0.25, 0.3) is 0 Å². The highest BCUT2D eigenvalue weighted by Gasteiger charge is 2.28. The number of fused-ring (bicyclic) bond motifs is 1. The fraction of sp³-hybridized carbons (Fsp3) is 0.500. The average Bonchev–Trinajstić information content (AvgIpc) is 2.97. The van der Waals surface area contributed by atoms with Gasteiger partial charge < -0.3 is 15.0 Å². The lowest BCUT2D eigenvalue weighted by atomic mass is 9.99. The number of nitrogen functional groups attached to an aromatic ring is 1. The summed E-state index contributed by atoms with van der Waals surface area (Å²) >= 11 is 5.86. The Labute approximate surface area is 121 Å². The van der Waals surface area contributed by atoms with Crippen LogP contribution in [0.4, 0.5) is 10.3 Å². The van der Waals surface area contributed by atoms with Crippen molar-refractivity contribution in [2.75, 3.05) is 12.3 Å². The zero-order chi connectivity index (χ0) is 14.3. The van der Waals surface area contributed by atoms with E-state index in [1.54, 1.807) is 6.07 Å². The zero-order valence-electron chi connectivity index (χ0n) is 11.3. The molecule has 1 fully saturated rings. The first-order valence-electron chi connectivity index (χ1n) is 6.82. The van der Waals surface area contributed by atoms with Gasteiger partial charge in [-0.25, -0.2) is 9.37 Å². The maximum atomic E-state index is 13.5. The Morgan fingerprint density at radius 2 is 2.35 bits per heavy atom. The smallest absolute Gasteiger partial charge is 0.201 e. The van der Waals surface area contributed by atoms with Crippen molar-refractivity contribution in [3.63, 3.8) is 0 Å². The fourth-order valence-corrected chi connectivity index (χ4v) is 3.08. The molecule has 2 heterocycles. The van der Waals surface area contributed by atoms with Crippen LogP contribution < -0.4 is 5.73 Å². The number of imidazole rings is 1. The maximum Gasteiger partial charge on any atom is 0.201 e. The molecule has 4 nitrogen and oxygen atoms in total. The first-order chi connectivity index (χ1) is 9.60. The lowest BCUT2D eigenvalue weighted by Gasteiger charge is -2.18. The molecule has 108 valence electrons. The molecule has 0 saturated carbocycles. The molecule has 0 aliphatic carbocycles. The SMILES string of the molecule is CCC1OCCC1Cn1c(N)nc2cc(F)c(Cl)cc21. The Hall–Kier alpha value is -1.33. The summed E-state index contributed by atoms with van der Waals surface area (Å²) in [6.07, 6.45) is 2.24. The summed E-state index contributed by atoms with van der Waals surface area (Å²) in [7, 11) is 0. The molecule has 2 atom stereocenters. The Morgan fingerprint density at radius 1 is 1.55 bits per heavy atom. The van der Waals surface area contributed by atoms with E-state index in [0.717, 1.165) is 31.5 Å². The number of anilines is 1. The van der Waals surface area contributed by atoms with Gasteiger partial charge in [-0.1, -0.05) is 18.5 Å². The summed E-state index contributed by atoms with van der Waals surface area (Å²) in [4.78, 5) is 4.21. The van der Waals surface area contributed by atoms with Gasteiger partial charge in [0, 0.05) is 25.1 Å². The third kappa shape index (κ3) is 2.25. The molecule has 20 heavy (non-hydrogen) atoms. The van der Waals surface area contributed by atoms with Gasteiger partial charge in [0.2, 0.25) is 5.95 Å². The standard InChI is InChI=1S/C14H17ClFN3O/c1-2-13-8(3-4-20-13)7-19-12-5-9(15)10(16)6-11(12)18-14(19)17/h5-6,8,13H,2-4,7H2,1H3,(H2,17,18). The molecule has 3 rings (SSSR count). The van der Waals surface area contributed by atoms with E-state index in [-0.39, 0.29) is 11.1 Å². The Morgan fingerprint density at radius 3 is 3.10 bits per heavy atom. The van der Waals surface area contributed by atoms with E-state index in [1.165, 1.54) is 6.07 Å². The minimum atomic E-state index is -0.473. The summed E-state index contributed by atoms with van der Waals surface area (Å²) in [6.45, 7) is 3.62. The predicted octanol–water partition coefficient (Wildman–Crippen LogP) is 3.23. The fourth-order valence-electron chi connectivity index (χ4n) is 2.92. The van der Waals surface area contributed by atoms with Crippen molar-refractivity contribution in [1.29, 1.82) is 0 Å². The number of nitrogens with two attached hydrogens (primary N) is 1. The number of halogens is 2. The molecule has 2 N–H and O–H groups in total. The van der Waals surface area contributed by atoms with E-state index in [2.05, 4.69) is 11.9 Å². The van der Waals surface area contributed by atoms with Gasteiger partial charge in [-0.3, -0.25) is 0 Å². The summed E-state index contributed by atoms with van der Waals surface area (Å²) in [5.41, 5.74) is 7.28. The second-order valence-electron chi connectivity index (χ2n) is 5.20. The van der Waals surface area contributed by atoms with Crippen molar-refractivity contribution in [3.8, 4) is 0 Å². The number of aromatic nitrogens is 2. The molecule has 0 bridgehead atoms. The highest BCUT2D eigenvalue weighted by molar-refractivity contribution is 6.31. The number of ether oxygens (including phenoxy) is 1. The van der Waals surface area contributed by atoms with Crippen molar-refractivity contribution >= 4 is 28.6 Å². The molecule has 1 aromatic heterocycles. The molecular formula is C14H17ClFN3O. The highest BCUT2D eigenvalue weighted by atomic mass is 35.5. The van der Waals surface area contributed by atoms with Crippen LogP contribution in [-0.2, 0) is 11.3 Å². The average molecular weight is 298 g/mol. The van der Waals surface area contributed by atoms with Crippen LogP contribution in [0.3, 0.4) is 0 Å². The molecule has 0 radical (unpaired) electrons. The van der Waals surface area contributed by atoms with Crippen LogP contribution >= 0.6 is 11.6 Å². The van der Waals surface area contributed by atoms with E-state index in [9.17, 15) is 4.39 Å². The lowest BCUT2D eigenvalue weighted by Crippen LogP contribution is -2.21. The summed E-state index contributed by atoms with van der Waals surface area (Å²) in [5, 5.41) is 0.0911. The highest BCUT2D eigenvalue weighted by Crippen LogP contribution is 2.30. The predicted molar refractivity (Wildman–Crippen MR) is 77.3 cm³/mol. The largest absolute Gasteiger partial charge is 0.378 e. The van der Waals surface area contributed by atoms with Gasteiger partial charge in [-0.2, -0.15) is 0 Å². The Kier molecular flexibility index (Phi) is 3.56. The van der Waals surface area contributed by atoms with Crippen molar-refractivity contribution in [2.24, 2.45) is 5.92 Å². The summed E-state index contributed by atoms with van der Waals surface area (Å²) in [6, 6.07) is 2.92. The van der Waals surface area contributed by atoms with Gasteiger partial charge in [0.1, 0.15) is 5.82 Å². The molecule has 2 aromatic rings. The number of rotatable bonds is 3. The lowest BCUT2D eigenvalue weighted by molar-refractivity contribution is 0.0839. The van der Waals surface area contributed by atoms with Crippen LogP contribution in [0.1, 0.15) is 19.8 Å². The van der Waals surface area contributed by atoms with Gasteiger partial charge >= 0.3 is 0 Å². The maximum absolute atomic E-state index is 13.5. The van der Waals surface area contributed by atoms with Crippen molar-refractivity contribution < 1.29 is 9.13 Å². The second-order valence-corrected chi connectivity index (χ2v) is 5.61. The zero-order valence-corrected chi connectivity index (χ0v) is 12.0. The minimum absolute atomic E-state index is 0.0911. The second kappa shape index (κ2) is 5.22. The molecular weight excluding hydrogens is 281 g/mol. The third-order valence-electron chi connectivity index (χ3n) is 3.99. The van der Waals surface area contributed by atoms with Crippen LogP contribution in [-0.4, -0.2) is 22.3 Å². The summed E-state index contributed by atoms with van der Waals surface area (Å²) < 4.78 is 21.1. The number of hydrogen-bond donors (Lipinski definition) is 1. The van der Waals surface area contributed by atoms with E-state index in [1.807, 2.05) is 4.57 Å². The van der Waals surface area contributed by atoms with E-state index in [0.29, 0.717) is 17.4 Å². The van der Waals surface area contributed by atoms with Crippen LogP contribution in [0.2, 0.25) is 5.02 Å².